The van der Waals surface area contributed by atoms with E-state index in [1.807, 2.05) is 24.3 Å². The van der Waals surface area contributed by atoms with Crippen LogP contribution in [0, 0.1) is 0 Å². The predicted molar refractivity (Wildman–Crippen MR) is 202 cm³/mol. The summed E-state index contributed by atoms with van der Waals surface area (Å²) in [6.07, 6.45) is 23.4. The first-order valence-electron chi connectivity index (χ1n) is 15.8. The average molecular weight is 599 g/mol. The molecular weight excluding hydrogens is 556 g/mol. The summed E-state index contributed by atoms with van der Waals surface area (Å²) < 4.78 is 0. The van der Waals surface area contributed by atoms with Gasteiger partial charge in [-0.1, -0.05) is 123 Å². The number of allylic oxidation sites excluding steroid dienone is 11. The summed E-state index contributed by atoms with van der Waals surface area (Å²) in [4.78, 5) is 4.39. The average Bonchev–Trinajstić information content (AvgIpc) is 3.09. The molecule has 0 amide bonds. The van der Waals surface area contributed by atoms with Crippen molar-refractivity contribution in [3.63, 3.8) is 0 Å². The second-order valence-corrected chi connectivity index (χ2v) is 11.3. The summed E-state index contributed by atoms with van der Waals surface area (Å²) in [5.41, 5.74) is 12.2. The molecule has 228 valence electrons. The first-order chi connectivity index (χ1) is 22.5. The number of hydrogen-bond donors (Lipinski definition) is 0. The van der Waals surface area contributed by atoms with Gasteiger partial charge in [0.25, 0.3) is 0 Å². The number of anilines is 2. The Bertz CT molecular complexity index is 1880. The molecule has 0 unspecified atom stereocenters. The molecule has 0 atom stereocenters. The first kappa shape index (κ1) is 31.8. The molecule has 46 heavy (non-hydrogen) atoms. The van der Waals surface area contributed by atoms with Gasteiger partial charge in [0, 0.05) is 31.0 Å². The van der Waals surface area contributed by atoms with E-state index in [0.29, 0.717) is 0 Å². The van der Waals surface area contributed by atoms with Gasteiger partial charge >= 0.3 is 0 Å². The lowest BCUT2D eigenvalue weighted by Crippen LogP contribution is -2.11. The monoisotopic (exact) mass is 598 g/mol. The van der Waals surface area contributed by atoms with E-state index < -0.39 is 0 Å². The molecule has 0 aliphatic carbocycles. The normalized spacial score (nSPS) is 14.5. The van der Waals surface area contributed by atoms with Gasteiger partial charge in [-0.05, 0) is 107 Å². The Kier molecular flexibility index (Phi) is 10.7. The largest absolute Gasteiger partial charge is 0.381 e. The van der Waals surface area contributed by atoms with E-state index in [0.717, 1.165) is 57.7 Å². The van der Waals surface area contributed by atoms with Crippen LogP contribution in [0.15, 0.2) is 178 Å². The van der Waals surface area contributed by atoms with Crippen molar-refractivity contribution in [2.75, 3.05) is 18.5 Å². The lowest BCUT2D eigenvalue weighted by molar-refractivity contribution is 0.484. The SMILES string of the molecule is C=C/C=C(\C=C)c1cc(-c2cccc(-c3cccc(C/C=C\C=C/N(C)CC)c3)c2)cc(N2/C=C\C=C/C(=C)c3ccccc32)c1. The number of benzene rings is 4. The standard InChI is InChI=1S/C44H42N2/c1-6-18-36(7-2)40-31-41(33-42(32-40)46-28-15-13-19-34(4)43-25-11-12-26-44(43)46)39-24-17-23-38(30-39)37-22-16-21-35(29-37)20-10-9-14-27-45(5)8-3/h6-7,9-19,21-33H,1-2,4,8,20H2,3,5H3/b10-9-,19-13-,27-14-,28-15-,36-18+. The van der Waals surface area contributed by atoms with E-state index in [2.05, 4.69) is 177 Å². The van der Waals surface area contributed by atoms with E-state index in [9.17, 15) is 0 Å². The fourth-order valence-electron chi connectivity index (χ4n) is 5.49. The Labute approximate surface area is 275 Å². The van der Waals surface area contributed by atoms with Gasteiger partial charge in [-0.25, -0.2) is 0 Å². The van der Waals surface area contributed by atoms with E-state index in [-0.39, 0.29) is 0 Å². The van der Waals surface area contributed by atoms with E-state index in [1.54, 1.807) is 0 Å². The van der Waals surface area contributed by atoms with Gasteiger partial charge in [-0.15, -0.1) is 0 Å². The smallest absolute Gasteiger partial charge is 0.0533 e. The Hall–Kier alpha value is -5.60. The van der Waals surface area contributed by atoms with E-state index >= 15 is 0 Å². The molecule has 0 saturated heterocycles. The highest BCUT2D eigenvalue weighted by atomic mass is 15.1. The van der Waals surface area contributed by atoms with Crippen LogP contribution in [0.4, 0.5) is 11.4 Å². The molecule has 1 heterocycles. The van der Waals surface area contributed by atoms with E-state index in [4.69, 9.17) is 0 Å². The van der Waals surface area contributed by atoms with Gasteiger partial charge in [0.1, 0.15) is 0 Å². The molecule has 0 saturated carbocycles. The van der Waals surface area contributed by atoms with Crippen LogP contribution in [0.2, 0.25) is 0 Å². The zero-order valence-corrected chi connectivity index (χ0v) is 26.9. The molecular formula is C44H42N2. The predicted octanol–water partition coefficient (Wildman–Crippen LogP) is 11.6. The minimum Gasteiger partial charge on any atom is -0.381 e. The highest BCUT2D eigenvalue weighted by Gasteiger charge is 2.16. The Balaban J connectivity index is 1.55. The van der Waals surface area contributed by atoms with Crippen LogP contribution >= 0.6 is 0 Å². The molecule has 0 spiro atoms. The molecule has 1 aliphatic rings. The Morgan fingerprint density at radius 3 is 2.35 bits per heavy atom. The maximum atomic E-state index is 4.32. The summed E-state index contributed by atoms with van der Waals surface area (Å²) in [6.45, 7) is 15.5. The molecule has 2 heteroatoms. The summed E-state index contributed by atoms with van der Waals surface area (Å²) in [5.74, 6) is 0. The molecule has 4 aromatic carbocycles. The van der Waals surface area contributed by atoms with Gasteiger partial charge in [-0.2, -0.15) is 0 Å². The van der Waals surface area contributed by atoms with Gasteiger partial charge in [0.05, 0.1) is 5.69 Å². The topological polar surface area (TPSA) is 6.48 Å². The third-order valence-electron chi connectivity index (χ3n) is 8.10. The summed E-state index contributed by atoms with van der Waals surface area (Å²) in [6, 6.07) is 32.7. The van der Waals surface area contributed by atoms with Crippen LogP contribution < -0.4 is 4.90 Å². The van der Waals surface area contributed by atoms with Gasteiger partial charge in [-0.3, -0.25) is 0 Å². The van der Waals surface area contributed by atoms with Crippen molar-refractivity contribution in [1.29, 1.82) is 0 Å². The van der Waals surface area contributed by atoms with Crippen LogP contribution in [0.3, 0.4) is 0 Å². The number of nitrogens with zero attached hydrogens (tertiary/aromatic N) is 2. The second kappa shape index (κ2) is 15.4. The van der Waals surface area contributed by atoms with Gasteiger partial charge in [0.2, 0.25) is 0 Å². The lowest BCUT2D eigenvalue weighted by atomic mass is 9.94. The van der Waals surface area contributed by atoms with Crippen LogP contribution in [0.5, 0.6) is 0 Å². The maximum Gasteiger partial charge on any atom is 0.0533 e. The van der Waals surface area contributed by atoms with Crippen LogP contribution in [-0.4, -0.2) is 18.5 Å². The number of para-hydroxylation sites is 1. The number of hydrogen-bond acceptors (Lipinski definition) is 2. The highest BCUT2D eigenvalue weighted by molar-refractivity contribution is 5.89. The molecule has 0 aromatic heterocycles. The fourth-order valence-corrected chi connectivity index (χ4v) is 5.49. The molecule has 0 fully saturated rings. The summed E-state index contributed by atoms with van der Waals surface area (Å²) in [5, 5.41) is 0. The van der Waals surface area contributed by atoms with Crippen molar-refractivity contribution in [3.8, 4) is 22.3 Å². The second-order valence-electron chi connectivity index (χ2n) is 11.3. The molecule has 0 bridgehead atoms. The third kappa shape index (κ3) is 7.72. The minimum absolute atomic E-state index is 0.880. The highest BCUT2D eigenvalue weighted by Crippen LogP contribution is 2.38. The van der Waals surface area contributed by atoms with Crippen LogP contribution in [-0.2, 0) is 6.42 Å². The van der Waals surface area contributed by atoms with Gasteiger partial charge in [0.15, 0.2) is 0 Å². The van der Waals surface area contributed by atoms with Crippen LogP contribution in [0.25, 0.3) is 33.4 Å². The van der Waals surface area contributed by atoms with Crippen molar-refractivity contribution in [2.45, 2.75) is 13.3 Å². The molecule has 2 nitrogen and oxygen atoms in total. The first-order valence-corrected chi connectivity index (χ1v) is 15.8. The zero-order chi connectivity index (χ0) is 32.3. The Morgan fingerprint density at radius 1 is 0.804 bits per heavy atom. The van der Waals surface area contributed by atoms with E-state index in [1.165, 1.54) is 16.7 Å². The maximum absolute atomic E-state index is 4.32. The number of rotatable bonds is 11. The quantitative estimate of drug-likeness (QED) is 0.158. The molecule has 4 aromatic rings. The Morgan fingerprint density at radius 2 is 1.57 bits per heavy atom. The summed E-state index contributed by atoms with van der Waals surface area (Å²) in [7, 11) is 2.08. The van der Waals surface area contributed by atoms with Crippen molar-refractivity contribution >= 4 is 22.5 Å². The molecule has 5 rings (SSSR count). The number of fused-ring (bicyclic) bond motifs is 1. The lowest BCUT2D eigenvalue weighted by Gasteiger charge is -2.26. The molecule has 0 N–H and O–H groups in total. The van der Waals surface area contributed by atoms with Gasteiger partial charge < -0.3 is 9.80 Å². The van der Waals surface area contributed by atoms with Crippen molar-refractivity contribution < 1.29 is 0 Å². The van der Waals surface area contributed by atoms with Crippen molar-refractivity contribution in [2.24, 2.45) is 0 Å². The van der Waals surface area contributed by atoms with Crippen molar-refractivity contribution in [1.82, 2.24) is 4.90 Å². The third-order valence-corrected chi connectivity index (χ3v) is 8.10. The molecule has 1 aliphatic heterocycles. The summed E-state index contributed by atoms with van der Waals surface area (Å²) >= 11 is 0. The minimum atomic E-state index is 0.880. The van der Waals surface area contributed by atoms with Crippen LogP contribution in [0.1, 0.15) is 23.6 Å². The fraction of sp³-hybridized carbons (Fsp3) is 0.0909. The van der Waals surface area contributed by atoms with Crippen molar-refractivity contribution in [3.05, 3.63) is 195 Å². The molecule has 0 radical (unpaired) electrons. The zero-order valence-electron chi connectivity index (χ0n) is 26.9.